The van der Waals surface area contributed by atoms with E-state index in [1.807, 2.05) is 12.1 Å². The van der Waals surface area contributed by atoms with Crippen molar-refractivity contribution in [3.63, 3.8) is 0 Å². The highest BCUT2D eigenvalue weighted by Gasteiger charge is 2.40. The Bertz CT molecular complexity index is 459. The molecule has 0 aliphatic heterocycles. The van der Waals surface area contributed by atoms with Crippen LogP contribution in [0.4, 0.5) is 0 Å². The molecule has 0 saturated heterocycles. The van der Waals surface area contributed by atoms with Gasteiger partial charge in [0.2, 0.25) is 0 Å². The molecule has 3 rings (SSSR count). The summed E-state index contributed by atoms with van der Waals surface area (Å²) >= 11 is 6.47. The summed E-state index contributed by atoms with van der Waals surface area (Å²) in [6, 6.07) is 8.45. The van der Waals surface area contributed by atoms with Crippen LogP contribution < -0.4 is 5.32 Å². The first-order valence-electron chi connectivity index (χ1n) is 8.73. The lowest BCUT2D eigenvalue weighted by molar-refractivity contribution is 0.291. The molecule has 1 aromatic carbocycles. The molecule has 1 nitrogen and oxygen atoms in total. The van der Waals surface area contributed by atoms with Gasteiger partial charge in [-0.25, -0.2) is 0 Å². The molecule has 116 valence electrons. The number of benzene rings is 1. The fraction of sp³-hybridized carbons (Fsp3) is 0.684. The molecule has 2 aliphatic rings. The van der Waals surface area contributed by atoms with Gasteiger partial charge in [-0.1, -0.05) is 43.1 Å². The lowest BCUT2D eigenvalue weighted by atomic mass is 9.80. The van der Waals surface area contributed by atoms with Gasteiger partial charge in [0, 0.05) is 11.6 Å². The zero-order valence-corrected chi connectivity index (χ0v) is 13.9. The van der Waals surface area contributed by atoms with E-state index < -0.39 is 0 Å². The minimum Gasteiger partial charge on any atom is -0.316 e. The Morgan fingerprint density at radius 1 is 1.24 bits per heavy atom. The fourth-order valence-electron chi connectivity index (χ4n) is 4.61. The van der Waals surface area contributed by atoms with E-state index in [1.165, 1.54) is 44.1 Å². The molecular weight excluding hydrogens is 278 g/mol. The molecule has 4 unspecified atom stereocenters. The molecule has 2 bridgehead atoms. The van der Waals surface area contributed by atoms with Crippen molar-refractivity contribution in [3.8, 4) is 0 Å². The summed E-state index contributed by atoms with van der Waals surface area (Å²) in [5.74, 6) is 3.56. The molecule has 4 atom stereocenters. The highest BCUT2D eigenvalue weighted by atomic mass is 35.5. The number of halogens is 1. The minimum absolute atomic E-state index is 0.578. The molecule has 1 N–H and O–H groups in total. The molecule has 0 aromatic heterocycles. The van der Waals surface area contributed by atoms with Crippen LogP contribution >= 0.6 is 11.6 Å². The molecule has 2 fully saturated rings. The highest BCUT2D eigenvalue weighted by molar-refractivity contribution is 6.31. The van der Waals surface area contributed by atoms with Crippen LogP contribution in [0.15, 0.2) is 24.3 Å². The first-order valence-corrected chi connectivity index (χ1v) is 9.10. The van der Waals surface area contributed by atoms with E-state index in [0.29, 0.717) is 5.92 Å². The predicted molar refractivity (Wildman–Crippen MR) is 90.9 cm³/mol. The minimum atomic E-state index is 0.578. The molecule has 0 spiro atoms. The van der Waals surface area contributed by atoms with E-state index in [1.54, 1.807) is 0 Å². The molecule has 2 aliphatic carbocycles. The average molecular weight is 306 g/mol. The maximum absolute atomic E-state index is 6.47. The predicted octanol–water partition coefficient (Wildman–Crippen LogP) is 5.25. The Morgan fingerprint density at radius 3 is 2.76 bits per heavy atom. The van der Waals surface area contributed by atoms with Crippen LogP contribution in [-0.2, 0) is 0 Å². The van der Waals surface area contributed by atoms with Gasteiger partial charge in [-0.2, -0.15) is 0 Å². The Morgan fingerprint density at radius 2 is 2.10 bits per heavy atom. The first-order chi connectivity index (χ1) is 10.3. The quantitative estimate of drug-likeness (QED) is 0.678. The van der Waals surface area contributed by atoms with Gasteiger partial charge >= 0.3 is 0 Å². The smallest absolute Gasteiger partial charge is 0.0441 e. The van der Waals surface area contributed by atoms with Crippen molar-refractivity contribution in [1.82, 2.24) is 5.32 Å². The summed E-state index contributed by atoms with van der Waals surface area (Å²) in [7, 11) is 0. The summed E-state index contributed by atoms with van der Waals surface area (Å²) in [6.45, 7) is 4.41. The zero-order chi connectivity index (χ0) is 14.7. The Labute approximate surface area is 134 Å². The number of rotatable bonds is 7. The largest absolute Gasteiger partial charge is 0.316 e. The van der Waals surface area contributed by atoms with Crippen LogP contribution in [0.5, 0.6) is 0 Å². The van der Waals surface area contributed by atoms with E-state index in [0.717, 1.165) is 35.9 Å². The Balaban J connectivity index is 1.68. The van der Waals surface area contributed by atoms with E-state index >= 15 is 0 Å². The number of nitrogens with one attached hydrogen (secondary N) is 1. The van der Waals surface area contributed by atoms with Gasteiger partial charge in [-0.3, -0.25) is 0 Å². The summed E-state index contributed by atoms with van der Waals surface area (Å²) < 4.78 is 0. The number of fused-ring (bicyclic) bond motifs is 2. The van der Waals surface area contributed by atoms with Gasteiger partial charge in [0.15, 0.2) is 0 Å². The molecule has 1 aromatic rings. The van der Waals surface area contributed by atoms with E-state index in [9.17, 15) is 0 Å². The SMILES string of the molecule is CCCNCC(CC1CC2CCC1C2)c1ccccc1Cl. The van der Waals surface area contributed by atoms with Crippen LogP contribution in [0.25, 0.3) is 0 Å². The highest BCUT2D eigenvalue weighted by Crippen LogP contribution is 2.51. The van der Waals surface area contributed by atoms with E-state index in [2.05, 4.69) is 24.4 Å². The third-order valence-corrected chi connectivity index (χ3v) is 5.98. The average Bonchev–Trinajstić information content (AvgIpc) is 3.10. The van der Waals surface area contributed by atoms with Crippen molar-refractivity contribution in [3.05, 3.63) is 34.9 Å². The third-order valence-electron chi connectivity index (χ3n) is 5.63. The van der Waals surface area contributed by atoms with Crippen molar-refractivity contribution in [2.45, 2.75) is 51.4 Å². The van der Waals surface area contributed by atoms with E-state index in [-0.39, 0.29) is 0 Å². The monoisotopic (exact) mass is 305 g/mol. The lowest BCUT2D eigenvalue weighted by Gasteiger charge is -2.28. The maximum atomic E-state index is 6.47. The second-order valence-electron chi connectivity index (χ2n) is 7.09. The van der Waals surface area contributed by atoms with Crippen molar-refractivity contribution in [2.24, 2.45) is 17.8 Å². The summed E-state index contributed by atoms with van der Waals surface area (Å²) in [4.78, 5) is 0. The van der Waals surface area contributed by atoms with Crippen LogP contribution in [0.3, 0.4) is 0 Å². The summed E-state index contributed by atoms with van der Waals surface area (Å²) in [6.07, 6.45) is 8.46. The Kier molecular flexibility index (Phi) is 5.24. The molecular formula is C19H28ClN. The standard InChI is InChI=1S/C19H28ClN/c1-2-9-21-13-17(18-5-3-4-6-19(18)20)12-16-11-14-7-8-15(16)10-14/h3-6,14-17,21H,2,7-13H2,1H3. The van der Waals surface area contributed by atoms with E-state index in [4.69, 9.17) is 11.6 Å². The zero-order valence-electron chi connectivity index (χ0n) is 13.2. The topological polar surface area (TPSA) is 12.0 Å². The Hall–Kier alpha value is -0.530. The van der Waals surface area contributed by atoms with Crippen molar-refractivity contribution in [2.75, 3.05) is 13.1 Å². The van der Waals surface area contributed by atoms with Crippen molar-refractivity contribution in [1.29, 1.82) is 0 Å². The van der Waals surface area contributed by atoms with Gasteiger partial charge in [-0.05, 0) is 74.0 Å². The van der Waals surface area contributed by atoms with Crippen LogP contribution in [0, 0.1) is 17.8 Å². The van der Waals surface area contributed by atoms with Crippen LogP contribution in [-0.4, -0.2) is 13.1 Å². The second kappa shape index (κ2) is 7.15. The van der Waals surface area contributed by atoms with Gasteiger partial charge in [0.1, 0.15) is 0 Å². The van der Waals surface area contributed by atoms with Crippen molar-refractivity contribution >= 4 is 11.6 Å². The summed E-state index contributed by atoms with van der Waals surface area (Å²) in [5.41, 5.74) is 1.35. The molecule has 21 heavy (non-hydrogen) atoms. The second-order valence-corrected chi connectivity index (χ2v) is 7.50. The van der Waals surface area contributed by atoms with Crippen LogP contribution in [0.1, 0.15) is 56.9 Å². The van der Waals surface area contributed by atoms with Gasteiger partial charge in [0.25, 0.3) is 0 Å². The lowest BCUT2D eigenvalue weighted by Crippen LogP contribution is -2.25. The fourth-order valence-corrected chi connectivity index (χ4v) is 4.90. The molecule has 0 heterocycles. The molecule has 2 saturated carbocycles. The normalized spacial score (nSPS) is 29.0. The summed E-state index contributed by atoms with van der Waals surface area (Å²) in [5, 5.41) is 4.57. The van der Waals surface area contributed by atoms with Gasteiger partial charge in [0.05, 0.1) is 0 Å². The van der Waals surface area contributed by atoms with Gasteiger partial charge in [-0.15, -0.1) is 0 Å². The van der Waals surface area contributed by atoms with Gasteiger partial charge < -0.3 is 5.32 Å². The molecule has 0 amide bonds. The number of hydrogen-bond donors (Lipinski definition) is 1. The number of hydrogen-bond acceptors (Lipinski definition) is 1. The van der Waals surface area contributed by atoms with Crippen LogP contribution in [0.2, 0.25) is 5.02 Å². The molecule has 2 heteroatoms. The molecule has 0 radical (unpaired) electrons. The third kappa shape index (κ3) is 3.63. The van der Waals surface area contributed by atoms with Crippen molar-refractivity contribution < 1.29 is 0 Å². The first kappa shape index (κ1) is 15.4. The maximum Gasteiger partial charge on any atom is 0.0441 e.